The second-order valence-electron chi connectivity index (χ2n) is 7.15. The van der Waals surface area contributed by atoms with Crippen LogP contribution in [0.5, 0.6) is 0 Å². The van der Waals surface area contributed by atoms with Crippen LogP contribution in [0.15, 0.2) is 35.0 Å². The lowest BCUT2D eigenvalue weighted by molar-refractivity contribution is -0.128. The molecule has 1 atom stereocenters. The number of carbonyl (C=O) groups excluding carboxylic acids is 2. The van der Waals surface area contributed by atoms with E-state index in [4.69, 9.17) is 11.6 Å². The molecule has 0 spiro atoms. The van der Waals surface area contributed by atoms with Crippen LogP contribution in [-0.4, -0.2) is 28.1 Å². The van der Waals surface area contributed by atoms with E-state index in [1.54, 1.807) is 17.4 Å². The summed E-state index contributed by atoms with van der Waals surface area (Å²) in [5, 5.41) is 11.2. The molecule has 1 fully saturated rings. The van der Waals surface area contributed by atoms with Gasteiger partial charge in [-0.25, -0.2) is 4.68 Å². The molecule has 28 heavy (non-hydrogen) atoms. The van der Waals surface area contributed by atoms with Crippen LogP contribution in [0.25, 0.3) is 0 Å². The molecule has 1 saturated heterocycles. The number of aryl methyl sites for hydroxylation is 2. The van der Waals surface area contributed by atoms with E-state index in [0.717, 1.165) is 34.2 Å². The Morgan fingerprint density at radius 2 is 2.21 bits per heavy atom. The van der Waals surface area contributed by atoms with Crippen LogP contribution in [0.3, 0.4) is 0 Å². The standard InChI is InChI=1S/C20H20ClN3O2S2/c1-20(8-2-9-22-19(20)26)16-11-14(3-4-15-5-6-17(21)28-15)24(23-16)18(25)13-7-10-27-12-13/h5-7,10-12H,2-4,8-9H2,1H3,(H,22,26). The summed E-state index contributed by atoms with van der Waals surface area (Å²) in [6.07, 6.45) is 3.04. The van der Waals surface area contributed by atoms with Gasteiger partial charge in [0.15, 0.2) is 0 Å². The highest BCUT2D eigenvalue weighted by molar-refractivity contribution is 7.16. The van der Waals surface area contributed by atoms with Gasteiger partial charge in [-0.3, -0.25) is 9.59 Å². The van der Waals surface area contributed by atoms with Gasteiger partial charge in [0.05, 0.1) is 21.0 Å². The summed E-state index contributed by atoms with van der Waals surface area (Å²) in [5.41, 5.74) is 1.38. The number of rotatable bonds is 5. The van der Waals surface area contributed by atoms with Crippen molar-refractivity contribution >= 4 is 46.1 Å². The van der Waals surface area contributed by atoms with Crippen LogP contribution in [0.1, 0.15) is 46.4 Å². The van der Waals surface area contributed by atoms with E-state index < -0.39 is 5.41 Å². The summed E-state index contributed by atoms with van der Waals surface area (Å²) >= 11 is 9.05. The number of piperidine rings is 1. The molecule has 0 saturated carbocycles. The van der Waals surface area contributed by atoms with Crippen molar-refractivity contribution in [3.63, 3.8) is 0 Å². The number of halogens is 1. The Bertz CT molecular complexity index is 1010. The molecule has 4 heterocycles. The monoisotopic (exact) mass is 433 g/mol. The maximum absolute atomic E-state index is 13.0. The zero-order valence-electron chi connectivity index (χ0n) is 15.4. The fraction of sp³-hybridized carbons (Fsp3) is 0.350. The maximum Gasteiger partial charge on any atom is 0.279 e. The van der Waals surface area contributed by atoms with E-state index in [1.165, 1.54) is 16.0 Å². The Balaban J connectivity index is 1.68. The summed E-state index contributed by atoms with van der Waals surface area (Å²) in [5.74, 6) is -0.186. The van der Waals surface area contributed by atoms with Gasteiger partial charge in [0.25, 0.3) is 5.91 Å². The van der Waals surface area contributed by atoms with Gasteiger partial charge >= 0.3 is 0 Å². The molecule has 8 heteroatoms. The van der Waals surface area contributed by atoms with Crippen LogP contribution in [-0.2, 0) is 23.1 Å². The molecule has 146 valence electrons. The van der Waals surface area contributed by atoms with Crippen molar-refractivity contribution in [2.24, 2.45) is 0 Å². The molecule has 0 aromatic carbocycles. The first-order valence-electron chi connectivity index (χ1n) is 9.16. The quantitative estimate of drug-likeness (QED) is 0.652. The van der Waals surface area contributed by atoms with Crippen LogP contribution in [0, 0.1) is 0 Å². The molecular weight excluding hydrogens is 414 g/mol. The van der Waals surface area contributed by atoms with E-state index in [1.807, 2.05) is 35.9 Å². The molecule has 5 nitrogen and oxygen atoms in total. The molecule has 4 rings (SSSR count). The number of thiophene rings is 2. The zero-order chi connectivity index (χ0) is 19.7. The number of amides is 1. The first-order chi connectivity index (χ1) is 13.5. The Morgan fingerprint density at radius 3 is 2.89 bits per heavy atom. The smallest absolute Gasteiger partial charge is 0.279 e. The van der Waals surface area contributed by atoms with Gasteiger partial charge < -0.3 is 5.32 Å². The van der Waals surface area contributed by atoms with Crippen molar-refractivity contribution < 1.29 is 9.59 Å². The highest BCUT2D eigenvalue weighted by Gasteiger charge is 2.40. The lowest BCUT2D eigenvalue weighted by atomic mass is 9.79. The van der Waals surface area contributed by atoms with Crippen molar-refractivity contribution in [2.75, 3.05) is 6.54 Å². The molecule has 3 aromatic heterocycles. The highest BCUT2D eigenvalue weighted by atomic mass is 35.5. The summed E-state index contributed by atoms with van der Waals surface area (Å²) in [4.78, 5) is 26.7. The van der Waals surface area contributed by atoms with Crippen molar-refractivity contribution in [3.8, 4) is 0 Å². The lowest BCUT2D eigenvalue weighted by Crippen LogP contribution is -2.47. The van der Waals surface area contributed by atoms with Crippen LogP contribution >= 0.6 is 34.3 Å². The van der Waals surface area contributed by atoms with Gasteiger partial charge in [0, 0.05) is 22.5 Å². The Morgan fingerprint density at radius 1 is 1.36 bits per heavy atom. The average Bonchev–Trinajstić information content (AvgIpc) is 3.42. The van der Waals surface area contributed by atoms with Crippen molar-refractivity contribution in [3.05, 3.63) is 61.2 Å². The van der Waals surface area contributed by atoms with E-state index >= 15 is 0 Å². The van der Waals surface area contributed by atoms with Crippen molar-refractivity contribution in [1.29, 1.82) is 0 Å². The lowest BCUT2D eigenvalue weighted by Gasteiger charge is -2.30. The Labute approximate surface area is 176 Å². The summed E-state index contributed by atoms with van der Waals surface area (Å²) in [6, 6.07) is 7.61. The number of aromatic nitrogens is 2. The summed E-state index contributed by atoms with van der Waals surface area (Å²) in [7, 11) is 0. The largest absolute Gasteiger partial charge is 0.355 e. The van der Waals surface area contributed by atoms with Gasteiger partial charge in [0.1, 0.15) is 0 Å². The minimum atomic E-state index is -0.709. The molecule has 1 amide bonds. The topological polar surface area (TPSA) is 64.0 Å². The second kappa shape index (κ2) is 7.81. The first kappa shape index (κ1) is 19.4. The van der Waals surface area contributed by atoms with Crippen LogP contribution < -0.4 is 5.32 Å². The van der Waals surface area contributed by atoms with Crippen LogP contribution in [0.4, 0.5) is 0 Å². The molecule has 1 N–H and O–H groups in total. The average molecular weight is 434 g/mol. The fourth-order valence-corrected chi connectivity index (χ4v) is 5.20. The molecular formula is C20H20ClN3O2S2. The van der Waals surface area contributed by atoms with Gasteiger partial charge in [-0.2, -0.15) is 16.4 Å². The van der Waals surface area contributed by atoms with Gasteiger partial charge in [0.2, 0.25) is 5.91 Å². The van der Waals surface area contributed by atoms with E-state index in [9.17, 15) is 9.59 Å². The van der Waals surface area contributed by atoms with Crippen molar-refractivity contribution in [1.82, 2.24) is 15.1 Å². The molecule has 0 aliphatic carbocycles. The maximum atomic E-state index is 13.0. The zero-order valence-corrected chi connectivity index (χ0v) is 17.8. The Hall–Kier alpha value is -1.96. The number of nitrogens with one attached hydrogen (secondary N) is 1. The van der Waals surface area contributed by atoms with E-state index in [2.05, 4.69) is 10.4 Å². The van der Waals surface area contributed by atoms with Crippen molar-refractivity contribution in [2.45, 2.75) is 38.0 Å². The fourth-order valence-electron chi connectivity index (χ4n) is 3.49. The van der Waals surface area contributed by atoms with E-state index in [0.29, 0.717) is 24.2 Å². The SMILES string of the molecule is CC1(c2cc(CCc3ccc(Cl)s3)n(C(=O)c3ccsc3)n2)CCCNC1=O. The van der Waals surface area contributed by atoms with E-state index in [-0.39, 0.29) is 11.8 Å². The molecule has 1 unspecified atom stereocenters. The van der Waals surface area contributed by atoms with Gasteiger partial charge in [-0.15, -0.1) is 11.3 Å². The Kier molecular flexibility index (Phi) is 5.40. The minimum Gasteiger partial charge on any atom is -0.355 e. The first-order valence-corrected chi connectivity index (χ1v) is 11.3. The highest BCUT2D eigenvalue weighted by Crippen LogP contribution is 2.32. The summed E-state index contributed by atoms with van der Waals surface area (Å²) < 4.78 is 2.23. The third kappa shape index (κ3) is 3.66. The molecule has 1 aliphatic heterocycles. The third-order valence-electron chi connectivity index (χ3n) is 5.21. The normalized spacial score (nSPS) is 19.6. The third-order valence-corrected chi connectivity index (χ3v) is 7.18. The van der Waals surface area contributed by atoms with Gasteiger partial charge in [-0.05, 0) is 62.3 Å². The molecule has 0 bridgehead atoms. The number of hydrogen-bond donors (Lipinski definition) is 1. The van der Waals surface area contributed by atoms with Crippen LogP contribution in [0.2, 0.25) is 4.34 Å². The predicted molar refractivity (Wildman–Crippen MR) is 113 cm³/mol. The summed E-state index contributed by atoms with van der Waals surface area (Å²) in [6.45, 7) is 2.60. The van der Waals surface area contributed by atoms with Gasteiger partial charge in [-0.1, -0.05) is 11.6 Å². The minimum absolute atomic E-state index is 0.0250. The second-order valence-corrected chi connectivity index (χ2v) is 9.73. The number of nitrogens with zero attached hydrogens (tertiary/aromatic N) is 2. The number of carbonyl (C=O) groups is 2. The molecule has 3 aromatic rings. The number of hydrogen-bond acceptors (Lipinski definition) is 5. The molecule has 0 radical (unpaired) electrons. The predicted octanol–water partition coefficient (Wildman–Crippen LogP) is 4.30. The molecule has 1 aliphatic rings.